The minimum Gasteiger partial charge on any atom is -0.361 e. The Morgan fingerprint density at radius 2 is 1.64 bits per heavy atom. The first-order chi connectivity index (χ1) is 13.5. The number of nitrogens with one attached hydrogen (secondary N) is 2. The molecule has 0 aliphatic heterocycles. The Labute approximate surface area is 165 Å². The number of hydrogen-bond acceptors (Lipinski definition) is 0. The van der Waals surface area contributed by atoms with Crippen molar-refractivity contribution in [3.05, 3.63) is 83.2 Å². The normalized spacial score (nSPS) is 25.7. The lowest BCUT2D eigenvalue weighted by Crippen LogP contribution is -2.33. The number of para-hydroxylation sites is 2. The molecule has 2 aliphatic rings. The monoisotopic (exact) mass is 366 g/mol. The summed E-state index contributed by atoms with van der Waals surface area (Å²) < 4.78 is 0. The summed E-state index contributed by atoms with van der Waals surface area (Å²) >= 11 is 0. The van der Waals surface area contributed by atoms with E-state index in [4.69, 9.17) is 0 Å². The van der Waals surface area contributed by atoms with Crippen LogP contribution in [0.5, 0.6) is 0 Å². The van der Waals surface area contributed by atoms with Crippen LogP contribution in [0, 0.1) is 11.3 Å². The fourth-order valence-corrected chi connectivity index (χ4v) is 6.38. The van der Waals surface area contributed by atoms with Crippen LogP contribution in [0.3, 0.4) is 0 Å². The molecule has 2 heterocycles. The Morgan fingerprint density at radius 3 is 2.46 bits per heavy atom. The van der Waals surface area contributed by atoms with Gasteiger partial charge in [0.05, 0.1) is 0 Å². The van der Waals surface area contributed by atoms with Gasteiger partial charge in [0.1, 0.15) is 0 Å². The van der Waals surface area contributed by atoms with Crippen molar-refractivity contribution in [1.29, 1.82) is 0 Å². The molecule has 0 radical (unpaired) electrons. The lowest BCUT2D eigenvalue weighted by Gasteiger charge is -2.43. The second-order valence-electron chi connectivity index (χ2n) is 9.50. The molecule has 0 saturated carbocycles. The Kier molecular flexibility index (Phi) is 3.14. The fraction of sp³-hybridized carbons (Fsp3) is 0.308. The van der Waals surface area contributed by atoms with Gasteiger partial charge in [-0.3, -0.25) is 0 Å². The number of benzene rings is 2. The van der Waals surface area contributed by atoms with Crippen LogP contribution in [0.15, 0.2) is 66.4 Å². The maximum absolute atomic E-state index is 3.84. The quantitative estimate of drug-likeness (QED) is 0.344. The number of aromatic amines is 2. The van der Waals surface area contributed by atoms with Crippen molar-refractivity contribution in [2.45, 2.75) is 39.0 Å². The molecule has 2 aliphatic carbocycles. The van der Waals surface area contributed by atoms with Gasteiger partial charge in [0.15, 0.2) is 0 Å². The SMILES string of the molecule is CC1=CC2c3c([nH]c4ccccc34)C(c3c[nH]c4ccccc34)C2C(C)(C)C1. The predicted octanol–water partition coefficient (Wildman–Crippen LogP) is 6.87. The zero-order valence-corrected chi connectivity index (χ0v) is 16.7. The van der Waals surface area contributed by atoms with Crippen LogP contribution in [-0.4, -0.2) is 9.97 Å². The molecule has 3 atom stereocenters. The summed E-state index contributed by atoms with van der Waals surface area (Å²) in [5, 5.41) is 2.76. The smallest absolute Gasteiger partial charge is 0.0459 e. The van der Waals surface area contributed by atoms with Gasteiger partial charge in [0.25, 0.3) is 0 Å². The maximum Gasteiger partial charge on any atom is 0.0459 e. The van der Waals surface area contributed by atoms with E-state index < -0.39 is 0 Å². The van der Waals surface area contributed by atoms with E-state index >= 15 is 0 Å². The zero-order valence-electron chi connectivity index (χ0n) is 16.7. The molecule has 2 aromatic heterocycles. The highest BCUT2D eigenvalue weighted by Crippen LogP contribution is 2.62. The lowest BCUT2D eigenvalue weighted by atomic mass is 9.61. The van der Waals surface area contributed by atoms with Crippen molar-refractivity contribution in [3.8, 4) is 0 Å². The fourth-order valence-electron chi connectivity index (χ4n) is 6.38. The zero-order chi connectivity index (χ0) is 19.0. The van der Waals surface area contributed by atoms with Crippen molar-refractivity contribution in [1.82, 2.24) is 9.97 Å². The third-order valence-corrected chi connectivity index (χ3v) is 7.22. The summed E-state index contributed by atoms with van der Waals surface area (Å²) in [6.45, 7) is 7.25. The number of allylic oxidation sites excluding steroid dienone is 2. The topological polar surface area (TPSA) is 31.6 Å². The number of H-pyrrole nitrogens is 2. The maximum atomic E-state index is 3.84. The van der Waals surface area contributed by atoms with Crippen molar-refractivity contribution in [3.63, 3.8) is 0 Å². The number of rotatable bonds is 1. The molecule has 28 heavy (non-hydrogen) atoms. The number of fused-ring (bicyclic) bond motifs is 6. The first-order valence-electron chi connectivity index (χ1n) is 10.4. The molecule has 0 spiro atoms. The summed E-state index contributed by atoms with van der Waals surface area (Å²) in [6.07, 6.45) is 5.99. The Morgan fingerprint density at radius 1 is 0.929 bits per heavy atom. The van der Waals surface area contributed by atoms with Crippen molar-refractivity contribution in [2.75, 3.05) is 0 Å². The summed E-state index contributed by atoms with van der Waals surface area (Å²) in [7, 11) is 0. The first kappa shape index (κ1) is 16.2. The molecule has 2 aromatic carbocycles. The molecule has 3 unspecified atom stereocenters. The molecule has 2 N–H and O–H groups in total. The molecule has 2 nitrogen and oxygen atoms in total. The van der Waals surface area contributed by atoms with E-state index in [1.807, 2.05) is 0 Å². The van der Waals surface area contributed by atoms with Gasteiger partial charge < -0.3 is 9.97 Å². The first-order valence-corrected chi connectivity index (χ1v) is 10.4. The third kappa shape index (κ3) is 2.03. The van der Waals surface area contributed by atoms with Gasteiger partial charge in [-0.25, -0.2) is 0 Å². The lowest BCUT2D eigenvalue weighted by molar-refractivity contribution is 0.173. The van der Waals surface area contributed by atoms with Crippen LogP contribution < -0.4 is 0 Å². The standard InChI is InChI=1S/C26H26N2/c1-15-12-18-22-17-9-5-7-11-21(17)28-25(22)23(24(18)26(2,3)13-15)19-14-27-20-10-6-4-8-16(19)20/h4-12,14,18,23-24,27-28H,13H2,1-3H3. The van der Waals surface area contributed by atoms with Crippen LogP contribution >= 0.6 is 0 Å². The minimum absolute atomic E-state index is 0.257. The summed E-state index contributed by atoms with van der Waals surface area (Å²) in [6, 6.07) is 17.6. The predicted molar refractivity (Wildman–Crippen MR) is 117 cm³/mol. The Bertz CT molecular complexity index is 1250. The van der Waals surface area contributed by atoms with Crippen LogP contribution in [0.2, 0.25) is 0 Å². The molecule has 140 valence electrons. The van der Waals surface area contributed by atoms with Gasteiger partial charge in [0, 0.05) is 45.5 Å². The number of hydrogen-bond donors (Lipinski definition) is 2. The molecule has 6 rings (SSSR count). The average Bonchev–Trinajstić information content (AvgIpc) is 3.32. The van der Waals surface area contributed by atoms with E-state index in [1.165, 1.54) is 50.6 Å². The minimum atomic E-state index is 0.257. The molecular weight excluding hydrogens is 340 g/mol. The number of aromatic nitrogens is 2. The van der Waals surface area contributed by atoms with E-state index in [0.717, 1.165) is 0 Å². The van der Waals surface area contributed by atoms with Crippen molar-refractivity contribution in [2.24, 2.45) is 11.3 Å². The van der Waals surface area contributed by atoms with Gasteiger partial charge in [0.2, 0.25) is 0 Å². The van der Waals surface area contributed by atoms with Gasteiger partial charge in [-0.2, -0.15) is 0 Å². The van der Waals surface area contributed by atoms with Gasteiger partial charge >= 0.3 is 0 Å². The molecule has 0 amide bonds. The average molecular weight is 367 g/mol. The molecular formula is C26H26N2. The third-order valence-electron chi connectivity index (χ3n) is 7.22. The Balaban J connectivity index is 1.68. The van der Waals surface area contributed by atoms with Crippen LogP contribution in [0.4, 0.5) is 0 Å². The second kappa shape index (κ2) is 5.41. The molecule has 4 aromatic rings. The van der Waals surface area contributed by atoms with E-state index in [1.54, 1.807) is 0 Å². The van der Waals surface area contributed by atoms with E-state index in [2.05, 4.69) is 91.5 Å². The van der Waals surface area contributed by atoms with E-state index in [-0.39, 0.29) is 5.41 Å². The Hall–Kier alpha value is -2.74. The molecule has 2 heteroatoms. The summed E-state index contributed by atoms with van der Waals surface area (Å²) in [4.78, 5) is 7.38. The van der Waals surface area contributed by atoms with Crippen LogP contribution in [-0.2, 0) is 0 Å². The van der Waals surface area contributed by atoms with E-state index in [0.29, 0.717) is 17.8 Å². The van der Waals surface area contributed by atoms with Gasteiger partial charge in [-0.1, -0.05) is 61.9 Å². The van der Waals surface area contributed by atoms with E-state index in [9.17, 15) is 0 Å². The summed E-state index contributed by atoms with van der Waals surface area (Å²) in [5.41, 5.74) is 8.69. The second-order valence-corrected chi connectivity index (χ2v) is 9.50. The van der Waals surface area contributed by atoms with Crippen LogP contribution in [0.25, 0.3) is 21.8 Å². The van der Waals surface area contributed by atoms with Crippen molar-refractivity contribution < 1.29 is 0 Å². The molecule has 0 saturated heterocycles. The highest BCUT2D eigenvalue weighted by Gasteiger charge is 2.51. The summed E-state index contributed by atoms with van der Waals surface area (Å²) in [5.74, 6) is 1.44. The van der Waals surface area contributed by atoms with Gasteiger partial charge in [-0.15, -0.1) is 0 Å². The highest BCUT2D eigenvalue weighted by atomic mass is 14.8. The van der Waals surface area contributed by atoms with Crippen molar-refractivity contribution >= 4 is 21.8 Å². The largest absolute Gasteiger partial charge is 0.361 e. The highest BCUT2D eigenvalue weighted by molar-refractivity contribution is 5.89. The molecule has 0 bridgehead atoms. The van der Waals surface area contributed by atoms with Crippen LogP contribution in [0.1, 0.15) is 55.8 Å². The molecule has 0 fully saturated rings. The van der Waals surface area contributed by atoms with Gasteiger partial charge in [-0.05, 0) is 47.9 Å².